The Bertz CT molecular complexity index is 299. The number of ketones is 1. The van der Waals surface area contributed by atoms with Gasteiger partial charge in [0.25, 0.3) is 0 Å². The van der Waals surface area contributed by atoms with Gasteiger partial charge in [0.1, 0.15) is 5.78 Å². The van der Waals surface area contributed by atoms with Crippen molar-refractivity contribution in [3.05, 3.63) is 0 Å². The molecule has 0 amide bonds. The predicted molar refractivity (Wildman–Crippen MR) is 110 cm³/mol. The average Bonchev–Trinajstić information content (AvgIpc) is 2.59. The van der Waals surface area contributed by atoms with Crippen LogP contribution in [0.25, 0.3) is 0 Å². The fourth-order valence-electron chi connectivity index (χ4n) is 2.65. The van der Waals surface area contributed by atoms with Crippen LogP contribution < -0.4 is 0 Å². The average molecular weight is 393 g/mol. The highest BCUT2D eigenvalue weighted by atomic mass is 32.4. The summed E-state index contributed by atoms with van der Waals surface area (Å²) < 4.78 is 17.4. The third-order valence-electron chi connectivity index (χ3n) is 3.90. The molecule has 0 radical (unpaired) electrons. The number of hydrogen-bond acceptors (Lipinski definition) is 5. The van der Waals surface area contributed by atoms with Crippen molar-refractivity contribution in [2.75, 3.05) is 25.6 Å². The van der Waals surface area contributed by atoms with E-state index < -0.39 is 7.95 Å². The first-order chi connectivity index (χ1) is 12.1. The molecule has 0 aromatic carbocycles. The Morgan fingerprint density at radius 2 is 1.20 bits per heavy atom. The number of hydrogen-bond donors (Lipinski definition) is 0. The third kappa shape index (κ3) is 13.9. The van der Waals surface area contributed by atoms with E-state index in [2.05, 4.69) is 6.92 Å². The minimum absolute atomic E-state index is 0.394. The molecule has 0 N–H and O–H groups in total. The van der Waals surface area contributed by atoms with E-state index in [4.69, 9.17) is 13.3 Å². The van der Waals surface area contributed by atoms with Crippen LogP contribution in [-0.4, -0.2) is 39.3 Å². The van der Waals surface area contributed by atoms with Crippen molar-refractivity contribution in [2.24, 2.45) is 0 Å². The molecular weight excluding hydrogens is 352 g/mol. The van der Waals surface area contributed by atoms with E-state index in [9.17, 15) is 4.79 Å². The Balaban J connectivity index is 3.83. The normalized spacial score (nSPS) is 11.8. The molecule has 0 rings (SSSR count). The van der Waals surface area contributed by atoms with Gasteiger partial charge >= 0.3 is 7.95 Å². The van der Waals surface area contributed by atoms with E-state index in [0.717, 1.165) is 25.0 Å². The van der Waals surface area contributed by atoms with Gasteiger partial charge in [-0.15, -0.1) is 0 Å². The monoisotopic (exact) mass is 392 g/mol. The zero-order chi connectivity index (χ0) is 18.8. The van der Waals surface area contributed by atoms with Crippen molar-refractivity contribution in [3.63, 3.8) is 0 Å². The molecule has 0 aliphatic heterocycles. The number of carbonyl (C=O) groups excluding carboxylic acids is 1. The highest BCUT2D eigenvalue weighted by Gasteiger charge is 2.41. The van der Waals surface area contributed by atoms with Crippen LogP contribution in [0.2, 0.25) is 0 Å². The van der Waals surface area contributed by atoms with Gasteiger partial charge in [-0.1, -0.05) is 56.7 Å². The van der Waals surface area contributed by atoms with Gasteiger partial charge in [0.15, 0.2) is 0 Å². The fourth-order valence-corrected chi connectivity index (χ4v) is 7.74. The summed E-state index contributed by atoms with van der Waals surface area (Å²) in [5.41, 5.74) is 0. The summed E-state index contributed by atoms with van der Waals surface area (Å²) in [4.78, 5) is 12.0. The first-order valence-electron chi connectivity index (χ1n) is 10.2. The predicted octanol–water partition coefficient (Wildman–Crippen LogP) is 5.75. The fraction of sp³-hybridized carbons (Fsp3) is 0.947. The molecule has 0 saturated carbocycles. The van der Waals surface area contributed by atoms with Gasteiger partial charge in [-0.05, 0) is 39.4 Å². The molecule has 0 aromatic heterocycles. The third-order valence-corrected chi connectivity index (χ3v) is 9.41. The molecule has 25 heavy (non-hydrogen) atoms. The second-order valence-electron chi connectivity index (χ2n) is 6.16. The highest BCUT2D eigenvalue weighted by Crippen LogP contribution is 2.26. The summed E-state index contributed by atoms with van der Waals surface area (Å²) >= 11 is 1.64. The molecule has 0 heterocycles. The molecule has 0 aliphatic rings. The Morgan fingerprint density at radius 3 is 1.72 bits per heavy atom. The van der Waals surface area contributed by atoms with Crippen LogP contribution in [-0.2, 0) is 18.1 Å². The number of carbonyl (C=O) groups is 1. The maximum absolute atomic E-state index is 12.0. The number of Topliss-reactive ketones (excluding diaryl/α,β-unsaturated/α-hetero) is 1. The molecule has 0 fully saturated rings. The van der Waals surface area contributed by atoms with Gasteiger partial charge in [-0.3, -0.25) is 4.79 Å². The van der Waals surface area contributed by atoms with E-state index in [1.807, 2.05) is 20.8 Å². The summed E-state index contributed by atoms with van der Waals surface area (Å²) in [6, 6.07) is 0. The first-order valence-corrected chi connectivity index (χ1v) is 13.6. The van der Waals surface area contributed by atoms with Gasteiger partial charge in [-0.2, -0.15) is 0 Å². The molecule has 150 valence electrons. The zero-order valence-corrected chi connectivity index (χ0v) is 18.8. The van der Waals surface area contributed by atoms with Crippen molar-refractivity contribution in [2.45, 2.75) is 91.9 Å². The topological polar surface area (TPSA) is 44.8 Å². The molecule has 0 aromatic rings. The number of unbranched alkanes of at least 4 members (excludes halogenated alkanes) is 6. The van der Waals surface area contributed by atoms with Gasteiger partial charge < -0.3 is 13.3 Å². The smallest absolute Gasteiger partial charge is 0.366 e. The van der Waals surface area contributed by atoms with Crippen molar-refractivity contribution in [1.82, 2.24) is 0 Å². The van der Waals surface area contributed by atoms with E-state index >= 15 is 0 Å². The quantitative estimate of drug-likeness (QED) is 0.207. The molecule has 0 unspecified atom stereocenters. The second-order valence-corrected chi connectivity index (χ2v) is 11.1. The van der Waals surface area contributed by atoms with Gasteiger partial charge in [0.05, 0.1) is 0 Å². The standard InChI is InChI=1S/C19H40O4SSi/c1-5-9-10-11-12-13-14-16-19(20)17-15-18-24-25(21-6-2,22-7-3)23-8-4/h5-18H2,1-4H3. The van der Waals surface area contributed by atoms with Crippen LogP contribution in [0.3, 0.4) is 0 Å². The summed E-state index contributed by atoms with van der Waals surface area (Å²) in [6.07, 6.45) is 11.1. The summed E-state index contributed by atoms with van der Waals surface area (Å²) in [5.74, 6) is 1.25. The zero-order valence-electron chi connectivity index (χ0n) is 16.9. The van der Waals surface area contributed by atoms with Crippen LogP contribution >= 0.6 is 11.2 Å². The van der Waals surface area contributed by atoms with Crippen LogP contribution in [0, 0.1) is 0 Å². The minimum atomic E-state index is -2.61. The maximum Gasteiger partial charge on any atom is 0.573 e. The first kappa shape index (κ1) is 25.1. The summed E-state index contributed by atoms with van der Waals surface area (Å²) in [6.45, 7) is 9.91. The Kier molecular flexibility index (Phi) is 17.6. The van der Waals surface area contributed by atoms with Crippen molar-refractivity contribution < 1.29 is 18.1 Å². The Hall–Kier alpha value is 0.117. The second kappa shape index (κ2) is 17.5. The molecule has 6 heteroatoms. The number of rotatable bonds is 19. The Morgan fingerprint density at radius 1 is 0.720 bits per heavy atom. The SMILES string of the molecule is CCCCCCCCCC(=O)CCCS[Si](OCC)(OCC)OCC. The van der Waals surface area contributed by atoms with Crippen LogP contribution in [0.1, 0.15) is 91.9 Å². The van der Waals surface area contributed by atoms with E-state index in [0.29, 0.717) is 32.0 Å². The van der Waals surface area contributed by atoms with E-state index in [1.54, 1.807) is 11.2 Å². The summed E-state index contributed by atoms with van der Waals surface area (Å²) in [5, 5.41) is 0. The Labute approximate surface area is 160 Å². The molecular formula is C19H40O4SSi. The van der Waals surface area contributed by atoms with Crippen LogP contribution in [0.5, 0.6) is 0 Å². The highest BCUT2D eigenvalue weighted by molar-refractivity contribution is 8.26. The van der Waals surface area contributed by atoms with Crippen LogP contribution in [0.4, 0.5) is 0 Å². The van der Waals surface area contributed by atoms with Gasteiger partial charge in [0, 0.05) is 32.7 Å². The van der Waals surface area contributed by atoms with Gasteiger partial charge in [-0.25, -0.2) is 0 Å². The van der Waals surface area contributed by atoms with Crippen LogP contribution in [0.15, 0.2) is 0 Å². The van der Waals surface area contributed by atoms with Crippen molar-refractivity contribution in [3.8, 4) is 0 Å². The molecule has 0 spiro atoms. The lowest BCUT2D eigenvalue weighted by molar-refractivity contribution is -0.119. The molecule has 4 nitrogen and oxygen atoms in total. The van der Waals surface area contributed by atoms with Gasteiger partial charge in [0.2, 0.25) is 0 Å². The lowest BCUT2D eigenvalue weighted by Gasteiger charge is -2.27. The molecule has 0 aliphatic carbocycles. The van der Waals surface area contributed by atoms with E-state index in [-0.39, 0.29) is 0 Å². The van der Waals surface area contributed by atoms with Crippen molar-refractivity contribution >= 4 is 24.9 Å². The largest absolute Gasteiger partial charge is 0.573 e. The maximum atomic E-state index is 12.0. The molecule has 0 atom stereocenters. The lowest BCUT2D eigenvalue weighted by atomic mass is 10.1. The molecule has 0 bridgehead atoms. The van der Waals surface area contributed by atoms with E-state index in [1.165, 1.54) is 38.5 Å². The minimum Gasteiger partial charge on any atom is -0.366 e. The molecule has 0 saturated heterocycles. The van der Waals surface area contributed by atoms with Crippen molar-refractivity contribution in [1.29, 1.82) is 0 Å². The summed E-state index contributed by atoms with van der Waals surface area (Å²) in [7, 11) is -2.61. The lowest BCUT2D eigenvalue weighted by Crippen LogP contribution is -2.43.